The Morgan fingerprint density at radius 2 is 1.89 bits per heavy atom. The Balaban J connectivity index is 1.75. The number of carbonyl (C=O) groups is 3. The topological polar surface area (TPSA) is 142 Å². The van der Waals surface area contributed by atoms with Gasteiger partial charge in [-0.2, -0.15) is 5.10 Å². The average molecular weight is 521 g/mol. The third kappa shape index (κ3) is 6.25. The number of anilines is 1. The maximum atomic E-state index is 14.9. The third-order valence-corrected chi connectivity index (χ3v) is 6.31. The first-order valence-electron chi connectivity index (χ1n) is 11.4. The largest absolute Gasteiger partial charge is 0.404 e. The minimum atomic E-state index is -0.584. The summed E-state index contributed by atoms with van der Waals surface area (Å²) >= 11 is 1.10. The van der Waals surface area contributed by atoms with Gasteiger partial charge in [-0.25, -0.2) is 4.39 Å². The maximum absolute atomic E-state index is 14.9. The quantitative estimate of drug-likeness (QED) is 0.288. The summed E-state index contributed by atoms with van der Waals surface area (Å²) in [6, 6.07) is 8.88. The molecule has 0 bridgehead atoms. The van der Waals surface area contributed by atoms with Crippen LogP contribution < -0.4 is 21.7 Å². The molecule has 2 aromatic carbocycles. The highest BCUT2D eigenvalue weighted by atomic mass is 32.2. The highest BCUT2D eigenvalue weighted by Crippen LogP contribution is 2.32. The Kier molecular flexibility index (Phi) is 7.73. The van der Waals surface area contributed by atoms with Gasteiger partial charge in [0.1, 0.15) is 11.6 Å². The molecular formula is C26H25FN6O3S. The second-order valence-electron chi connectivity index (χ2n) is 8.39. The zero-order valence-electron chi connectivity index (χ0n) is 19.9. The Morgan fingerprint density at radius 3 is 2.57 bits per heavy atom. The van der Waals surface area contributed by atoms with Gasteiger partial charge >= 0.3 is 0 Å². The fraction of sp³-hybridized carbons (Fsp3) is 0.154. The summed E-state index contributed by atoms with van der Waals surface area (Å²) in [5.74, 6) is -1.64. The summed E-state index contributed by atoms with van der Waals surface area (Å²) in [5.41, 5.74) is 6.74. The molecule has 0 saturated heterocycles. The minimum Gasteiger partial charge on any atom is -0.404 e. The first kappa shape index (κ1) is 25.7. The number of thioether (sulfide) groups is 1. The van der Waals surface area contributed by atoms with Gasteiger partial charge in [-0.15, -0.1) is 0 Å². The number of nitrogens with one attached hydrogen (secondary N) is 4. The Morgan fingerprint density at radius 1 is 1.11 bits per heavy atom. The van der Waals surface area contributed by atoms with E-state index in [1.54, 1.807) is 30.5 Å². The molecule has 0 atom stereocenters. The van der Waals surface area contributed by atoms with Crippen molar-refractivity contribution in [1.82, 2.24) is 20.8 Å². The van der Waals surface area contributed by atoms with Gasteiger partial charge in [0, 0.05) is 35.0 Å². The molecule has 1 heterocycles. The molecule has 1 aliphatic carbocycles. The SMILES string of the molecule is C=C(NC(=O)c1cc(C(=O)Nc2ccn[nH]2)ccc1-c1cc(C(=O)NC2CC2)cc(F)c1C)S/C=C\N. The highest BCUT2D eigenvalue weighted by Gasteiger charge is 2.25. The molecule has 0 unspecified atom stereocenters. The third-order valence-electron chi connectivity index (χ3n) is 5.63. The summed E-state index contributed by atoms with van der Waals surface area (Å²) in [4.78, 5) is 38.8. The van der Waals surface area contributed by atoms with Crippen LogP contribution >= 0.6 is 11.8 Å². The van der Waals surface area contributed by atoms with Crippen LogP contribution in [0.15, 0.2) is 65.8 Å². The normalized spacial score (nSPS) is 12.8. The summed E-state index contributed by atoms with van der Waals surface area (Å²) < 4.78 is 14.9. The number of halogens is 1. The van der Waals surface area contributed by atoms with Crippen molar-refractivity contribution in [2.45, 2.75) is 25.8 Å². The van der Waals surface area contributed by atoms with Crippen LogP contribution in [-0.2, 0) is 0 Å². The van der Waals surface area contributed by atoms with Gasteiger partial charge in [0.2, 0.25) is 0 Å². The molecule has 190 valence electrons. The van der Waals surface area contributed by atoms with E-state index in [2.05, 4.69) is 32.7 Å². The number of aromatic amines is 1. The second-order valence-corrected chi connectivity index (χ2v) is 9.39. The Hall–Kier alpha value is -4.38. The van der Waals surface area contributed by atoms with Crippen LogP contribution in [0.4, 0.5) is 10.2 Å². The van der Waals surface area contributed by atoms with E-state index in [4.69, 9.17) is 5.73 Å². The lowest BCUT2D eigenvalue weighted by molar-refractivity contribution is 0.0947. The van der Waals surface area contributed by atoms with E-state index in [1.165, 1.54) is 30.6 Å². The van der Waals surface area contributed by atoms with Crippen LogP contribution in [0, 0.1) is 12.7 Å². The molecule has 9 nitrogen and oxygen atoms in total. The zero-order valence-corrected chi connectivity index (χ0v) is 20.7. The van der Waals surface area contributed by atoms with Gasteiger partial charge in [0.25, 0.3) is 17.7 Å². The van der Waals surface area contributed by atoms with E-state index in [0.29, 0.717) is 22.0 Å². The van der Waals surface area contributed by atoms with Gasteiger partial charge in [-0.05, 0) is 66.1 Å². The molecule has 6 N–H and O–H groups in total. The maximum Gasteiger partial charge on any atom is 0.256 e. The van der Waals surface area contributed by atoms with Gasteiger partial charge < -0.3 is 21.7 Å². The zero-order chi connectivity index (χ0) is 26.5. The van der Waals surface area contributed by atoms with Crippen molar-refractivity contribution in [3.63, 3.8) is 0 Å². The van der Waals surface area contributed by atoms with E-state index in [-0.39, 0.29) is 34.2 Å². The van der Waals surface area contributed by atoms with E-state index in [0.717, 1.165) is 24.6 Å². The van der Waals surface area contributed by atoms with Crippen molar-refractivity contribution < 1.29 is 18.8 Å². The summed E-state index contributed by atoms with van der Waals surface area (Å²) in [5, 5.41) is 16.4. The molecule has 1 aromatic heterocycles. The predicted octanol–water partition coefficient (Wildman–Crippen LogP) is 4.03. The number of benzene rings is 2. The minimum absolute atomic E-state index is 0.0954. The number of aromatic nitrogens is 2. The fourth-order valence-corrected chi connectivity index (χ4v) is 3.95. The van der Waals surface area contributed by atoms with Gasteiger partial charge in [-0.3, -0.25) is 19.5 Å². The average Bonchev–Trinajstić information content (AvgIpc) is 3.55. The molecule has 0 radical (unpaired) electrons. The van der Waals surface area contributed by atoms with E-state index < -0.39 is 17.6 Å². The van der Waals surface area contributed by atoms with Gasteiger partial charge in [-0.1, -0.05) is 24.4 Å². The highest BCUT2D eigenvalue weighted by molar-refractivity contribution is 8.05. The number of hydrogen-bond donors (Lipinski definition) is 5. The van der Waals surface area contributed by atoms with Crippen LogP contribution in [-0.4, -0.2) is 34.0 Å². The fourth-order valence-electron chi connectivity index (χ4n) is 3.56. The van der Waals surface area contributed by atoms with Crippen molar-refractivity contribution in [1.29, 1.82) is 0 Å². The predicted molar refractivity (Wildman–Crippen MR) is 141 cm³/mol. The van der Waals surface area contributed by atoms with Crippen molar-refractivity contribution in [2.24, 2.45) is 5.73 Å². The number of nitrogens with zero attached hydrogens (tertiary/aromatic N) is 1. The molecule has 0 aliphatic heterocycles. The number of carbonyl (C=O) groups excluding carboxylic acids is 3. The Labute approximate surface area is 216 Å². The first-order chi connectivity index (χ1) is 17.8. The van der Waals surface area contributed by atoms with E-state index in [9.17, 15) is 18.8 Å². The molecule has 0 spiro atoms. The lowest BCUT2D eigenvalue weighted by Gasteiger charge is -2.16. The number of rotatable bonds is 9. The second kappa shape index (κ2) is 11.1. The lowest BCUT2D eigenvalue weighted by atomic mass is 9.92. The number of hydrogen-bond acceptors (Lipinski definition) is 6. The van der Waals surface area contributed by atoms with Crippen LogP contribution in [0.5, 0.6) is 0 Å². The number of H-pyrrole nitrogens is 1. The van der Waals surface area contributed by atoms with Crippen molar-refractivity contribution in [3.8, 4) is 11.1 Å². The molecule has 1 fully saturated rings. The summed E-state index contributed by atoms with van der Waals surface area (Å²) in [6.45, 7) is 5.36. The molecule has 37 heavy (non-hydrogen) atoms. The smallest absolute Gasteiger partial charge is 0.256 e. The van der Waals surface area contributed by atoms with Crippen molar-refractivity contribution in [3.05, 3.63) is 93.9 Å². The molecule has 11 heteroatoms. The van der Waals surface area contributed by atoms with Crippen LogP contribution in [0.1, 0.15) is 49.5 Å². The van der Waals surface area contributed by atoms with Crippen LogP contribution in [0.2, 0.25) is 0 Å². The summed E-state index contributed by atoms with van der Waals surface area (Å²) in [7, 11) is 0. The van der Waals surface area contributed by atoms with Gasteiger partial charge in [0.15, 0.2) is 0 Å². The molecule has 1 aliphatic rings. The first-order valence-corrected chi connectivity index (χ1v) is 12.2. The Bertz CT molecular complexity index is 1400. The molecule has 4 rings (SSSR count). The molecule has 3 amide bonds. The monoisotopic (exact) mass is 520 g/mol. The van der Waals surface area contributed by atoms with Crippen molar-refractivity contribution in [2.75, 3.05) is 5.32 Å². The lowest BCUT2D eigenvalue weighted by Crippen LogP contribution is -2.25. The van der Waals surface area contributed by atoms with E-state index >= 15 is 0 Å². The molecular weight excluding hydrogens is 495 g/mol. The van der Waals surface area contributed by atoms with Crippen LogP contribution in [0.25, 0.3) is 11.1 Å². The summed E-state index contributed by atoms with van der Waals surface area (Å²) in [6.07, 6.45) is 4.57. The van der Waals surface area contributed by atoms with E-state index in [1.807, 2.05) is 0 Å². The number of amides is 3. The van der Waals surface area contributed by atoms with Gasteiger partial charge in [0.05, 0.1) is 11.2 Å². The number of nitrogens with two attached hydrogens (primary N) is 1. The molecule has 1 saturated carbocycles. The standard InChI is InChI=1S/C26H25FN6O3S/c1-14-20(12-17(13-22(14)27)25(35)31-18-4-5-18)19-6-3-16(24(34)32-23-7-9-29-33-23)11-21(19)26(36)30-15(2)37-10-8-28/h3,6-13,18H,2,4-5,28H2,1H3,(H,30,36)(H,31,35)(H2,29,32,33,34)/b10-8-. The van der Waals surface area contributed by atoms with Crippen molar-refractivity contribution >= 4 is 35.3 Å². The van der Waals surface area contributed by atoms with Crippen LogP contribution in [0.3, 0.4) is 0 Å². The molecule has 3 aromatic rings.